The highest BCUT2D eigenvalue weighted by molar-refractivity contribution is 5.83. The van der Waals surface area contributed by atoms with E-state index in [-0.39, 0.29) is 5.52 Å². The van der Waals surface area contributed by atoms with Crippen LogP contribution in [-0.2, 0) is 6.54 Å². The number of H-pyrrole nitrogens is 1. The summed E-state index contributed by atoms with van der Waals surface area (Å²) in [6.07, 6.45) is 0. The van der Waals surface area contributed by atoms with E-state index in [0.29, 0.717) is 17.5 Å². The van der Waals surface area contributed by atoms with Crippen molar-refractivity contribution in [2.75, 3.05) is 0 Å². The van der Waals surface area contributed by atoms with E-state index < -0.39 is 17.2 Å². The SMILES string of the molecule is Cc1cc2nc(C)n(Cc3cc(=O)[nH]c4c(F)c(F)ccc34)c2cc1C. The number of aryl methyl sites for hydroxylation is 3. The second-order valence-electron chi connectivity index (χ2n) is 6.61. The van der Waals surface area contributed by atoms with Gasteiger partial charge in [0.25, 0.3) is 0 Å². The normalized spacial score (nSPS) is 11.6. The molecule has 0 aliphatic carbocycles. The summed E-state index contributed by atoms with van der Waals surface area (Å²) >= 11 is 0. The minimum atomic E-state index is -1.04. The molecular formula is C20H17F2N3O. The number of hydrogen-bond acceptors (Lipinski definition) is 2. The van der Waals surface area contributed by atoms with Crippen LogP contribution in [0.25, 0.3) is 21.9 Å². The standard InChI is InChI=1S/C20H17F2N3O/c1-10-6-16-17(7-11(10)2)25(12(3)23-16)9-13-8-18(26)24-20-14(13)4-5-15(21)19(20)22/h4-8H,9H2,1-3H3,(H,24,26). The van der Waals surface area contributed by atoms with Crippen molar-refractivity contribution in [1.29, 1.82) is 0 Å². The molecule has 0 saturated heterocycles. The molecule has 0 saturated carbocycles. The number of halogens is 2. The van der Waals surface area contributed by atoms with Gasteiger partial charge in [-0.15, -0.1) is 0 Å². The van der Waals surface area contributed by atoms with E-state index in [0.717, 1.165) is 34.1 Å². The van der Waals surface area contributed by atoms with Crippen molar-refractivity contribution in [3.63, 3.8) is 0 Å². The Morgan fingerprint density at radius 1 is 1.08 bits per heavy atom. The molecule has 0 spiro atoms. The van der Waals surface area contributed by atoms with Gasteiger partial charge in [-0.05, 0) is 61.7 Å². The Hall–Kier alpha value is -3.02. The van der Waals surface area contributed by atoms with Crippen LogP contribution in [0, 0.1) is 32.4 Å². The molecule has 1 N–H and O–H groups in total. The molecule has 4 rings (SSSR count). The van der Waals surface area contributed by atoms with E-state index in [1.807, 2.05) is 31.4 Å². The van der Waals surface area contributed by atoms with E-state index in [1.54, 1.807) is 0 Å². The van der Waals surface area contributed by atoms with Gasteiger partial charge in [-0.25, -0.2) is 13.8 Å². The van der Waals surface area contributed by atoms with Gasteiger partial charge in [0.2, 0.25) is 5.56 Å². The Balaban J connectivity index is 1.95. The van der Waals surface area contributed by atoms with Crippen molar-refractivity contribution >= 4 is 21.9 Å². The molecular weight excluding hydrogens is 336 g/mol. The number of hydrogen-bond donors (Lipinski definition) is 1. The third kappa shape index (κ3) is 2.49. The first-order valence-electron chi connectivity index (χ1n) is 8.29. The van der Waals surface area contributed by atoms with Gasteiger partial charge in [0.1, 0.15) is 5.82 Å². The number of nitrogens with one attached hydrogen (secondary N) is 1. The zero-order valence-electron chi connectivity index (χ0n) is 14.7. The number of aromatic amines is 1. The quantitative estimate of drug-likeness (QED) is 0.589. The van der Waals surface area contributed by atoms with Crippen LogP contribution in [0.15, 0.2) is 35.1 Å². The predicted octanol–water partition coefficient (Wildman–Crippen LogP) is 4.13. The molecule has 0 unspecified atom stereocenters. The monoisotopic (exact) mass is 353 g/mol. The zero-order valence-corrected chi connectivity index (χ0v) is 14.7. The molecule has 26 heavy (non-hydrogen) atoms. The first kappa shape index (κ1) is 16.4. The highest BCUT2D eigenvalue weighted by Crippen LogP contribution is 2.25. The predicted molar refractivity (Wildman–Crippen MR) is 97.5 cm³/mol. The minimum Gasteiger partial charge on any atom is -0.324 e. The van der Waals surface area contributed by atoms with Crippen LogP contribution < -0.4 is 5.56 Å². The summed E-state index contributed by atoms with van der Waals surface area (Å²) < 4.78 is 29.6. The molecule has 0 fully saturated rings. The average Bonchev–Trinajstić information content (AvgIpc) is 2.87. The maximum absolute atomic E-state index is 14.1. The van der Waals surface area contributed by atoms with Crippen molar-refractivity contribution < 1.29 is 8.78 Å². The summed E-state index contributed by atoms with van der Waals surface area (Å²) in [6, 6.07) is 8.07. The summed E-state index contributed by atoms with van der Waals surface area (Å²) in [5, 5.41) is 0.480. The lowest BCUT2D eigenvalue weighted by atomic mass is 10.1. The summed E-state index contributed by atoms with van der Waals surface area (Å²) in [7, 11) is 0. The van der Waals surface area contributed by atoms with E-state index in [4.69, 9.17) is 0 Å². The maximum atomic E-state index is 14.1. The number of benzene rings is 2. The molecule has 0 aliphatic heterocycles. The first-order valence-corrected chi connectivity index (χ1v) is 8.29. The van der Waals surface area contributed by atoms with E-state index in [9.17, 15) is 13.6 Å². The number of imidazole rings is 1. The van der Waals surface area contributed by atoms with Gasteiger partial charge in [0.05, 0.1) is 23.1 Å². The van der Waals surface area contributed by atoms with Crippen LogP contribution in [0.4, 0.5) is 8.78 Å². The smallest absolute Gasteiger partial charge is 0.248 e. The molecule has 132 valence electrons. The number of aromatic nitrogens is 3. The van der Waals surface area contributed by atoms with Gasteiger partial charge in [-0.3, -0.25) is 4.79 Å². The van der Waals surface area contributed by atoms with Gasteiger partial charge < -0.3 is 9.55 Å². The number of rotatable bonds is 2. The largest absolute Gasteiger partial charge is 0.324 e. The minimum absolute atomic E-state index is 0.110. The second kappa shape index (κ2) is 5.76. The van der Waals surface area contributed by atoms with Crippen LogP contribution in [0.1, 0.15) is 22.5 Å². The van der Waals surface area contributed by atoms with Crippen LogP contribution in [0.3, 0.4) is 0 Å². The van der Waals surface area contributed by atoms with Crippen LogP contribution >= 0.6 is 0 Å². The molecule has 2 aromatic heterocycles. The fourth-order valence-corrected chi connectivity index (χ4v) is 3.34. The second-order valence-corrected chi connectivity index (χ2v) is 6.61. The molecule has 4 aromatic rings. The molecule has 0 amide bonds. The molecule has 4 nitrogen and oxygen atoms in total. The Morgan fingerprint density at radius 3 is 2.58 bits per heavy atom. The van der Waals surface area contributed by atoms with Gasteiger partial charge in [0, 0.05) is 11.5 Å². The first-order chi connectivity index (χ1) is 12.3. The van der Waals surface area contributed by atoms with E-state index in [1.165, 1.54) is 12.1 Å². The van der Waals surface area contributed by atoms with Gasteiger partial charge in [-0.1, -0.05) is 0 Å². The third-order valence-electron chi connectivity index (χ3n) is 4.88. The summed E-state index contributed by atoms with van der Waals surface area (Å²) in [4.78, 5) is 19.0. The summed E-state index contributed by atoms with van der Waals surface area (Å²) in [5.41, 5.74) is 4.15. The molecule has 2 heterocycles. The lowest BCUT2D eigenvalue weighted by Gasteiger charge is -2.11. The van der Waals surface area contributed by atoms with Gasteiger partial charge >= 0.3 is 0 Å². The molecule has 0 atom stereocenters. The molecule has 0 bridgehead atoms. The van der Waals surface area contributed by atoms with Crippen molar-refractivity contribution in [2.24, 2.45) is 0 Å². The summed E-state index contributed by atoms with van der Waals surface area (Å²) in [5.74, 6) is -1.23. The Bertz CT molecular complexity index is 1240. The Morgan fingerprint density at radius 2 is 1.81 bits per heavy atom. The van der Waals surface area contributed by atoms with Crippen molar-refractivity contribution in [1.82, 2.24) is 14.5 Å². The lowest BCUT2D eigenvalue weighted by molar-refractivity contribution is 0.515. The lowest BCUT2D eigenvalue weighted by Crippen LogP contribution is -2.11. The van der Waals surface area contributed by atoms with Gasteiger partial charge in [-0.2, -0.15) is 0 Å². The molecule has 6 heteroatoms. The Kier molecular flexibility index (Phi) is 3.64. The number of nitrogens with zero attached hydrogens (tertiary/aromatic N) is 2. The fourth-order valence-electron chi connectivity index (χ4n) is 3.34. The van der Waals surface area contributed by atoms with Crippen molar-refractivity contribution in [3.05, 3.63) is 74.8 Å². The molecule has 2 aromatic carbocycles. The fraction of sp³-hybridized carbons (Fsp3) is 0.200. The molecule has 0 aliphatic rings. The van der Waals surface area contributed by atoms with Crippen LogP contribution in [-0.4, -0.2) is 14.5 Å². The zero-order chi connectivity index (χ0) is 18.6. The van der Waals surface area contributed by atoms with Crippen LogP contribution in [0.2, 0.25) is 0 Å². The topological polar surface area (TPSA) is 50.7 Å². The Labute approximate surface area is 148 Å². The average molecular weight is 353 g/mol. The molecule has 0 radical (unpaired) electrons. The third-order valence-corrected chi connectivity index (χ3v) is 4.88. The van der Waals surface area contributed by atoms with Crippen molar-refractivity contribution in [3.8, 4) is 0 Å². The van der Waals surface area contributed by atoms with E-state index >= 15 is 0 Å². The van der Waals surface area contributed by atoms with Crippen LogP contribution in [0.5, 0.6) is 0 Å². The van der Waals surface area contributed by atoms with Gasteiger partial charge in [0.15, 0.2) is 11.6 Å². The van der Waals surface area contributed by atoms with E-state index in [2.05, 4.69) is 16.0 Å². The highest BCUT2D eigenvalue weighted by Gasteiger charge is 2.15. The number of pyridine rings is 1. The van der Waals surface area contributed by atoms with Crippen molar-refractivity contribution in [2.45, 2.75) is 27.3 Å². The highest BCUT2D eigenvalue weighted by atomic mass is 19.2. The number of fused-ring (bicyclic) bond motifs is 2. The summed E-state index contributed by atoms with van der Waals surface area (Å²) in [6.45, 7) is 6.30. The maximum Gasteiger partial charge on any atom is 0.248 e.